The first kappa shape index (κ1) is 17.8. The van der Waals surface area contributed by atoms with Gasteiger partial charge < -0.3 is 5.32 Å². The second kappa shape index (κ2) is 6.66. The van der Waals surface area contributed by atoms with E-state index in [1.165, 1.54) is 11.3 Å². The van der Waals surface area contributed by atoms with Gasteiger partial charge >= 0.3 is 0 Å². The molecule has 29 heavy (non-hydrogen) atoms. The number of pyridine rings is 1. The molecule has 1 amide bonds. The van der Waals surface area contributed by atoms with Crippen LogP contribution in [0, 0.1) is 0 Å². The highest BCUT2D eigenvalue weighted by Crippen LogP contribution is 2.39. The molecule has 8 heteroatoms. The summed E-state index contributed by atoms with van der Waals surface area (Å²) >= 11 is 1.46. The van der Waals surface area contributed by atoms with Crippen LogP contribution in [-0.2, 0) is 5.54 Å². The third-order valence-corrected chi connectivity index (χ3v) is 6.11. The zero-order valence-corrected chi connectivity index (χ0v) is 16.9. The molecular weight excluding hydrogens is 384 g/mol. The monoisotopic (exact) mass is 404 g/mol. The summed E-state index contributed by atoms with van der Waals surface area (Å²) in [6, 6.07) is 13.7. The highest BCUT2D eigenvalue weighted by atomic mass is 32.1. The van der Waals surface area contributed by atoms with E-state index in [1.54, 1.807) is 12.4 Å². The van der Waals surface area contributed by atoms with E-state index in [0.29, 0.717) is 16.5 Å². The summed E-state index contributed by atoms with van der Waals surface area (Å²) in [5.74, 6) is 0.478. The third-order valence-electron chi connectivity index (χ3n) is 5.16. The molecule has 4 heterocycles. The first-order valence-electron chi connectivity index (χ1n) is 9.44. The summed E-state index contributed by atoms with van der Waals surface area (Å²) in [5.41, 5.74) is 2.07. The maximum absolute atomic E-state index is 13.0. The van der Waals surface area contributed by atoms with Crippen LogP contribution >= 0.6 is 11.3 Å². The number of hydrogen-bond acceptors (Lipinski definition) is 6. The van der Waals surface area contributed by atoms with Gasteiger partial charge in [0.2, 0.25) is 0 Å². The molecule has 7 nitrogen and oxygen atoms in total. The summed E-state index contributed by atoms with van der Waals surface area (Å²) in [7, 11) is 0. The normalized spacial score (nSPS) is 17.5. The highest BCUT2D eigenvalue weighted by molar-refractivity contribution is 7.22. The smallest absolute Gasteiger partial charge is 0.262 e. The number of rotatable bonds is 3. The van der Waals surface area contributed by atoms with Crippen LogP contribution in [0.1, 0.15) is 42.4 Å². The number of benzene rings is 1. The Labute approximate surface area is 171 Å². The van der Waals surface area contributed by atoms with Crippen molar-refractivity contribution in [2.75, 3.05) is 10.6 Å². The lowest BCUT2D eigenvalue weighted by Crippen LogP contribution is -2.38. The lowest BCUT2D eigenvalue weighted by atomic mass is 9.91. The average molecular weight is 404 g/mol. The third kappa shape index (κ3) is 3.15. The number of nitrogens with zero attached hydrogens (tertiary/aromatic N) is 4. The second-order valence-corrected chi connectivity index (χ2v) is 8.76. The maximum atomic E-state index is 13.0. The van der Waals surface area contributed by atoms with Crippen molar-refractivity contribution in [3.8, 4) is 0 Å². The molecule has 0 saturated carbocycles. The minimum Gasteiger partial charge on any atom is -0.361 e. The zero-order valence-electron chi connectivity index (χ0n) is 16.1. The summed E-state index contributed by atoms with van der Waals surface area (Å²) in [4.78, 5) is 22.0. The van der Waals surface area contributed by atoms with Gasteiger partial charge in [0, 0.05) is 6.20 Å². The van der Waals surface area contributed by atoms with Gasteiger partial charge in [-0.1, -0.05) is 29.5 Å². The van der Waals surface area contributed by atoms with Crippen LogP contribution in [0.25, 0.3) is 10.2 Å². The number of para-hydroxylation sites is 1. The topological polar surface area (TPSA) is 84.7 Å². The Hall–Kier alpha value is -3.26. The molecule has 0 bridgehead atoms. The Kier molecular flexibility index (Phi) is 4.09. The van der Waals surface area contributed by atoms with Gasteiger partial charge in [0.15, 0.2) is 5.13 Å². The number of anilines is 2. The molecule has 4 aromatic rings. The van der Waals surface area contributed by atoms with Gasteiger partial charge in [-0.15, -0.1) is 0 Å². The van der Waals surface area contributed by atoms with Gasteiger partial charge in [-0.05, 0) is 44.5 Å². The maximum Gasteiger partial charge on any atom is 0.262 e. The zero-order chi connectivity index (χ0) is 20.0. The summed E-state index contributed by atoms with van der Waals surface area (Å²) in [6.45, 7) is 4.24. The van der Waals surface area contributed by atoms with Gasteiger partial charge in [0.05, 0.1) is 33.7 Å². The van der Waals surface area contributed by atoms with Crippen molar-refractivity contribution in [2.24, 2.45) is 0 Å². The highest BCUT2D eigenvalue weighted by Gasteiger charge is 2.37. The van der Waals surface area contributed by atoms with E-state index in [-0.39, 0.29) is 17.5 Å². The van der Waals surface area contributed by atoms with Crippen molar-refractivity contribution >= 4 is 38.4 Å². The molecule has 0 aliphatic carbocycles. The number of thiazole rings is 1. The Bertz CT molecular complexity index is 1160. The molecular formula is C21H20N6OS. The average Bonchev–Trinajstić information content (AvgIpc) is 3.32. The van der Waals surface area contributed by atoms with Crippen LogP contribution in [0.3, 0.4) is 0 Å². The number of fused-ring (bicyclic) bond motifs is 2. The molecule has 0 radical (unpaired) electrons. The molecule has 5 rings (SSSR count). The minimum absolute atomic E-state index is 0.00407. The molecule has 1 aliphatic rings. The molecule has 1 aromatic carbocycles. The largest absolute Gasteiger partial charge is 0.361 e. The predicted octanol–water partition coefficient (Wildman–Crippen LogP) is 4.43. The summed E-state index contributed by atoms with van der Waals surface area (Å²) < 4.78 is 2.92. The fraction of sp³-hybridized carbons (Fsp3) is 0.238. The van der Waals surface area contributed by atoms with Gasteiger partial charge in [0.1, 0.15) is 11.4 Å². The number of carbonyl (C=O) groups excluding carboxylic acids is 1. The van der Waals surface area contributed by atoms with E-state index in [4.69, 9.17) is 0 Å². The fourth-order valence-corrected chi connectivity index (χ4v) is 4.63. The van der Waals surface area contributed by atoms with E-state index < -0.39 is 0 Å². The van der Waals surface area contributed by atoms with Crippen LogP contribution in [0.5, 0.6) is 0 Å². The first-order valence-corrected chi connectivity index (χ1v) is 10.3. The van der Waals surface area contributed by atoms with E-state index >= 15 is 0 Å². The van der Waals surface area contributed by atoms with E-state index in [1.807, 2.05) is 47.1 Å². The molecule has 0 fully saturated rings. The van der Waals surface area contributed by atoms with Crippen LogP contribution in [-0.4, -0.2) is 25.7 Å². The van der Waals surface area contributed by atoms with E-state index in [2.05, 4.69) is 39.5 Å². The van der Waals surface area contributed by atoms with Crippen molar-refractivity contribution in [3.63, 3.8) is 0 Å². The Balaban J connectivity index is 1.46. The number of nitrogens with one attached hydrogen (secondary N) is 2. The number of aromatic nitrogens is 4. The van der Waals surface area contributed by atoms with E-state index in [9.17, 15) is 4.79 Å². The second-order valence-electron chi connectivity index (χ2n) is 7.73. The van der Waals surface area contributed by atoms with E-state index in [0.717, 1.165) is 22.3 Å². The molecule has 0 spiro atoms. The van der Waals surface area contributed by atoms with Crippen LogP contribution in [0.4, 0.5) is 10.9 Å². The minimum atomic E-state index is -0.253. The number of amides is 1. The fourth-order valence-electron chi connectivity index (χ4n) is 3.77. The lowest BCUT2D eigenvalue weighted by molar-refractivity contribution is 0.102. The SMILES string of the molecule is CC1(C)CC(c2ccccn2)Nc2c(C(=O)Nc3nc4ccccc4s3)cnn21. The standard InChI is InChI=1S/C21H20N6OS/c1-21(2)11-16(14-7-5-6-10-22-14)24-18-13(12-23-27(18)21)19(28)26-20-25-15-8-3-4-9-17(15)29-20/h3-10,12,16,24H,11H2,1-2H3,(H,25,26,28). The van der Waals surface area contributed by atoms with Crippen molar-refractivity contribution in [2.45, 2.75) is 31.8 Å². The Morgan fingerprint density at radius 3 is 2.86 bits per heavy atom. The first-order chi connectivity index (χ1) is 14.0. The Morgan fingerprint density at radius 2 is 2.07 bits per heavy atom. The molecule has 0 saturated heterocycles. The van der Waals surface area contributed by atoms with Crippen molar-refractivity contribution < 1.29 is 4.79 Å². The number of hydrogen-bond donors (Lipinski definition) is 2. The molecule has 1 unspecified atom stereocenters. The van der Waals surface area contributed by atoms with Gasteiger partial charge in [-0.25, -0.2) is 9.67 Å². The van der Waals surface area contributed by atoms with Gasteiger partial charge in [0.25, 0.3) is 5.91 Å². The van der Waals surface area contributed by atoms with Crippen molar-refractivity contribution in [1.82, 2.24) is 19.7 Å². The molecule has 146 valence electrons. The lowest BCUT2D eigenvalue weighted by Gasteiger charge is -2.37. The van der Waals surface area contributed by atoms with Crippen molar-refractivity contribution in [1.29, 1.82) is 0 Å². The summed E-state index contributed by atoms with van der Waals surface area (Å²) in [5, 5.41) is 11.5. The van der Waals surface area contributed by atoms with Gasteiger partial charge in [-0.3, -0.25) is 15.1 Å². The molecule has 1 aliphatic heterocycles. The molecule has 3 aromatic heterocycles. The van der Waals surface area contributed by atoms with Crippen LogP contribution in [0.2, 0.25) is 0 Å². The van der Waals surface area contributed by atoms with Crippen LogP contribution < -0.4 is 10.6 Å². The van der Waals surface area contributed by atoms with Crippen molar-refractivity contribution in [3.05, 3.63) is 66.1 Å². The van der Waals surface area contributed by atoms with Gasteiger partial charge in [-0.2, -0.15) is 5.10 Å². The Morgan fingerprint density at radius 1 is 1.24 bits per heavy atom. The quantitative estimate of drug-likeness (QED) is 0.528. The summed E-state index contributed by atoms with van der Waals surface area (Å²) in [6.07, 6.45) is 4.22. The van der Waals surface area contributed by atoms with Crippen LogP contribution in [0.15, 0.2) is 54.9 Å². The number of carbonyl (C=O) groups is 1. The predicted molar refractivity (Wildman–Crippen MR) is 114 cm³/mol. The molecule has 1 atom stereocenters. The molecule has 2 N–H and O–H groups in total.